The average molecular weight is 336 g/mol. The fourth-order valence-electron chi connectivity index (χ4n) is 2.99. The summed E-state index contributed by atoms with van der Waals surface area (Å²) >= 11 is 0. The van der Waals surface area contributed by atoms with Gasteiger partial charge in [0, 0.05) is 12.1 Å². The molecule has 0 aliphatic carbocycles. The number of fused-ring (bicyclic) bond motifs is 1. The first kappa shape index (κ1) is 17.1. The first-order valence-corrected chi connectivity index (χ1v) is 8.24. The molecule has 1 amide bonds. The molecular weight excluding hydrogens is 315 g/mol. The van der Waals surface area contributed by atoms with Crippen molar-refractivity contribution in [3.63, 3.8) is 0 Å². The van der Waals surface area contributed by atoms with Gasteiger partial charge in [0.2, 0.25) is 0 Å². The van der Waals surface area contributed by atoms with Crippen LogP contribution in [0.4, 0.5) is 4.39 Å². The molecule has 1 atom stereocenters. The van der Waals surface area contributed by atoms with Crippen molar-refractivity contribution in [2.75, 3.05) is 20.6 Å². The third-order valence-corrected chi connectivity index (χ3v) is 4.37. The van der Waals surface area contributed by atoms with Gasteiger partial charge >= 0.3 is 0 Å². The number of likely N-dealkylation sites (N-methyl/N-ethyl adjacent to an activating group) is 1. The molecule has 0 saturated heterocycles. The predicted octanol–water partition coefficient (Wildman–Crippen LogP) is 4.01. The van der Waals surface area contributed by atoms with Crippen molar-refractivity contribution in [1.82, 2.24) is 10.2 Å². The van der Waals surface area contributed by atoms with Crippen LogP contribution >= 0.6 is 0 Å². The lowest BCUT2D eigenvalue weighted by Gasteiger charge is -2.25. The minimum Gasteiger partial charge on any atom is -0.350 e. The molecule has 0 unspecified atom stereocenters. The summed E-state index contributed by atoms with van der Waals surface area (Å²) in [5, 5.41) is 4.99. The highest BCUT2D eigenvalue weighted by Crippen LogP contribution is 2.20. The van der Waals surface area contributed by atoms with Gasteiger partial charge < -0.3 is 10.2 Å². The number of hydrogen-bond donors (Lipinski definition) is 1. The number of rotatable bonds is 5. The Hall–Kier alpha value is -2.72. The molecule has 0 aliphatic rings. The van der Waals surface area contributed by atoms with E-state index in [1.54, 1.807) is 12.1 Å². The van der Waals surface area contributed by atoms with E-state index in [0.29, 0.717) is 12.1 Å². The summed E-state index contributed by atoms with van der Waals surface area (Å²) < 4.78 is 13.2. The van der Waals surface area contributed by atoms with Crippen LogP contribution in [0, 0.1) is 5.82 Å². The Kier molecular flexibility index (Phi) is 5.10. The van der Waals surface area contributed by atoms with Crippen molar-refractivity contribution in [2.24, 2.45) is 0 Å². The fraction of sp³-hybridized carbons (Fsp3) is 0.190. The van der Waals surface area contributed by atoms with E-state index in [2.05, 4.69) is 5.32 Å². The number of carbonyl (C=O) groups is 1. The molecule has 0 saturated carbocycles. The summed E-state index contributed by atoms with van der Waals surface area (Å²) in [5.74, 6) is -0.369. The van der Waals surface area contributed by atoms with E-state index in [4.69, 9.17) is 0 Å². The lowest BCUT2D eigenvalue weighted by molar-refractivity contribution is 0.0943. The van der Waals surface area contributed by atoms with Crippen molar-refractivity contribution >= 4 is 16.7 Å². The summed E-state index contributed by atoms with van der Waals surface area (Å²) in [6.07, 6.45) is 0. The van der Waals surface area contributed by atoms with Gasteiger partial charge in [0.05, 0.1) is 6.04 Å². The maximum atomic E-state index is 13.2. The Morgan fingerprint density at radius 2 is 1.68 bits per heavy atom. The zero-order chi connectivity index (χ0) is 17.8. The SMILES string of the molecule is CN(C)[C@@H](CNC(=O)c1cccc2ccccc12)c1ccc(F)cc1. The summed E-state index contributed by atoms with van der Waals surface area (Å²) in [7, 11) is 3.89. The third-order valence-electron chi connectivity index (χ3n) is 4.37. The Morgan fingerprint density at radius 1 is 1.00 bits per heavy atom. The van der Waals surface area contributed by atoms with Gasteiger partial charge in [-0.25, -0.2) is 4.39 Å². The Morgan fingerprint density at radius 3 is 2.40 bits per heavy atom. The molecule has 0 heterocycles. The molecule has 0 spiro atoms. The summed E-state index contributed by atoms with van der Waals surface area (Å²) in [5.41, 5.74) is 1.62. The second-order valence-corrected chi connectivity index (χ2v) is 6.27. The first-order chi connectivity index (χ1) is 12.1. The number of amides is 1. The van der Waals surface area contributed by atoms with Gasteiger partial charge in [-0.05, 0) is 48.6 Å². The molecule has 1 N–H and O–H groups in total. The van der Waals surface area contributed by atoms with Gasteiger partial charge in [-0.2, -0.15) is 0 Å². The fourth-order valence-corrected chi connectivity index (χ4v) is 2.99. The maximum Gasteiger partial charge on any atom is 0.251 e. The standard InChI is InChI=1S/C21H21FN2O/c1-24(2)20(16-10-12-17(22)13-11-16)14-23-21(25)19-9-5-7-15-6-3-4-8-18(15)19/h3-13,20H,14H2,1-2H3,(H,23,25)/t20-/m0/s1. The lowest BCUT2D eigenvalue weighted by Crippen LogP contribution is -2.34. The lowest BCUT2D eigenvalue weighted by atomic mass is 10.0. The summed E-state index contributed by atoms with van der Waals surface area (Å²) in [6, 6.07) is 19.9. The van der Waals surface area contributed by atoms with Crippen LogP contribution in [0.3, 0.4) is 0 Å². The number of nitrogens with zero attached hydrogens (tertiary/aromatic N) is 1. The largest absolute Gasteiger partial charge is 0.350 e. The monoisotopic (exact) mass is 336 g/mol. The third kappa shape index (κ3) is 3.86. The highest BCUT2D eigenvalue weighted by atomic mass is 19.1. The molecule has 3 aromatic carbocycles. The number of halogens is 1. The van der Waals surface area contributed by atoms with E-state index in [1.165, 1.54) is 12.1 Å². The second kappa shape index (κ2) is 7.45. The molecule has 0 aliphatic heterocycles. The average Bonchev–Trinajstić information content (AvgIpc) is 2.62. The van der Waals surface area contributed by atoms with Crippen molar-refractivity contribution in [1.29, 1.82) is 0 Å². The number of carbonyl (C=O) groups excluding carboxylic acids is 1. The zero-order valence-corrected chi connectivity index (χ0v) is 14.4. The van der Waals surface area contributed by atoms with Crippen LogP contribution in [0.1, 0.15) is 22.0 Å². The van der Waals surface area contributed by atoms with Crippen molar-refractivity contribution in [2.45, 2.75) is 6.04 Å². The molecule has 4 heteroatoms. The van der Waals surface area contributed by atoms with Crippen LogP contribution in [0.25, 0.3) is 10.8 Å². The summed E-state index contributed by atoms with van der Waals surface area (Å²) in [6.45, 7) is 0.445. The number of hydrogen-bond acceptors (Lipinski definition) is 2. The van der Waals surface area contributed by atoms with E-state index < -0.39 is 0 Å². The highest BCUT2D eigenvalue weighted by Gasteiger charge is 2.17. The molecule has 3 rings (SSSR count). The quantitative estimate of drug-likeness (QED) is 0.763. The number of benzene rings is 3. The molecule has 3 nitrogen and oxygen atoms in total. The van der Waals surface area contributed by atoms with E-state index in [0.717, 1.165) is 16.3 Å². The van der Waals surface area contributed by atoms with Gasteiger partial charge in [0.15, 0.2) is 0 Å². The Bertz CT molecular complexity index is 869. The van der Waals surface area contributed by atoms with Crippen LogP contribution in [0.2, 0.25) is 0 Å². The van der Waals surface area contributed by atoms with Crippen molar-refractivity contribution in [3.8, 4) is 0 Å². The Balaban J connectivity index is 1.78. The van der Waals surface area contributed by atoms with E-state index in [9.17, 15) is 9.18 Å². The minimum atomic E-state index is -0.263. The second-order valence-electron chi connectivity index (χ2n) is 6.27. The molecule has 0 aromatic heterocycles. The smallest absolute Gasteiger partial charge is 0.251 e. The summed E-state index contributed by atoms with van der Waals surface area (Å²) in [4.78, 5) is 14.7. The van der Waals surface area contributed by atoms with Gasteiger partial charge in [-0.15, -0.1) is 0 Å². The molecular formula is C21H21FN2O. The van der Waals surface area contributed by atoms with Crippen LogP contribution in [-0.2, 0) is 0 Å². The van der Waals surface area contributed by atoms with Gasteiger partial charge in [0.25, 0.3) is 5.91 Å². The normalized spacial score (nSPS) is 12.3. The van der Waals surface area contributed by atoms with E-state index >= 15 is 0 Å². The zero-order valence-electron chi connectivity index (χ0n) is 14.4. The van der Waals surface area contributed by atoms with Crippen LogP contribution in [-0.4, -0.2) is 31.4 Å². The molecule has 3 aromatic rings. The van der Waals surface area contributed by atoms with Gasteiger partial charge in [-0.3, -0.25) is 4.79 Å². The molecule has 0 fully saturated rings. The minimum absolute atomic E-state index is 0.0282. The topological polar surface area (TPSA) is 32.3 Å². The van der Waals surface area contributed by atoms with E-state index in [1.807, 2.05) is 61.5 Å². The van der Waals surface area contributed by atoms with Crippen LogP contribution < -0.4 is 5.32 Å². The van der Waals surface area contributed by atoms with Gasteiger partial charge in [-0.1, -0.05) is 48.5 Å². The van der Waals surface area contributed by atoms with Crippen molar-refractivity contribution in [3.05, 3.63) is 83.7 Å². The molecule has 0 radical (unpaired) electrons. The Labute approximate surface area is 147 Å². The first-order valence-electron chi connectivity index (χ1n) is 8.24. The van der Waals surface area contributed by atoms with E-state index in [-0.39, 0.29) is 17.8 Å². The molecule has 128 valence electrons. The maximum absolute atomic E-state index is 13.2. The van der Waals surface area contributed by atoms with Gasteiger partial charge in [0.1, 0.15) is 5.82 Å². The predicted molar refractivity (Wildman–Crippen MR) is 99.1 cm³/mol. The molecule has 0 bridgehead atoms. The highest BCUT2D eigenvalue weighted by molar-refractivity contribution is 6.07. The van der Waals surface area contributed by atoms with Crippen LogP contribution in [0.15, 0.2) is 66.7 Å². The molecule has 25 heavy (non-hydrogen) atoms. The number of nitrogens with one attached hydrogen (secondary N) is 1. The van der Waals surface area contributed by atoms with Crippen molar-refractivity contribution < 1.29 is 9.18 Å². The van der Waals surface area contributed by atoms with Crippen LogP contribution in [0.5, 0.6) is 0 Å².